The van der Waals surface area contributed by atoms with E-state index in [-0.39, 0.29) is 11.9 Å². The molecule has 0 aromatic carbocycles. The minimum atomic E-state index is -0.102. The second-order valence-electron chi connectivity index (χ2n) is 4.17. The van der Waals surface area contributed by atoms with E-state index in [1.807, 2.05) is 6.92 Å². The first-order valence-electron chi connectivity index (χ1n) is 5.44. The van der Waals surface area contributed by atoms with Crippen LogP contribution in [0.1, 0.15) is 30.1 Å². The van der Waals surface area contributed by atoms with Crippen molar-refractivity contribution in [1.29, 1.82) is 0 Å². The lowest BCUT2D eigenvalue weighted by molar-refractivity contribution is 0.0936. The van der Waals surface area contributed by atoms with Gasteiger partial charge in [0.1, 0.15) is 0 Å². The number of nitrogen functional groups attached to an aromatic ring is 1. The Hall–Kier alpha value is -1.62. The Morgan fingerprint density at radius 2 is 2.38 bits per heavy atom. The number of carbonyl (C=O) groups is 1. The van der Waals surface area contributed by atoms with Gasteiger partial charge in [-0.25, -0.2) is 0 Å². The molecule has 1 unspecified atom stereocenters. The lowest BCUT2D eigenvalue weighted by atomic mass is 10.1. The molecule has 1 atom stereocenters. The molecule has 1 aromatic rings. The minimum Gasteiger partial charge on any atom is -0.349 e. The Kier molecular flexibility index (Phi) is 3.05. The molecule has 16 heavy (non-hydrogen) atoms. The number of pyridine rings is 1. The SMILES string of the molecule is CC(NC(=O)c1ccncc1NN)C1CC1. The van der Waals surface area contributed by atoms with Crippen molar-refractivity contribution in [2.75, 3.05) is 5.43 Å². The van der Waals surface area contributed by atoms with Gasteiger partial charge in [0.25, 0.3) is 5.91 Å². The van der Waals surface area contributed by atoms with E-state index in [0.29, 0.717) is 17.2 Å². The lowest BCUT2D eigenvalue weighted by Gasteiger charge is -2.14. The molecule has 4 N–H and O–H groups in total. The van der Waals surface area contributed by atoms with Crippen molar-refractivity contribution in [3.63, 3.8) is 0 Å². The van der Waals surface area contributed by atoms with E-state index in [9.17, 15) is 4.79 Å². The molecule has 1 aliphatic rings. The molecule has 0 saturated heterocycles. The van der Waals surface area contributed by atoms with E-state index in [2.05, 4.69) is 15.7 Å². The smallest absolute Gasteiger partial charge is 0.253 e. The van der Waals surface area contributed by atoms with Crippen LogP contribution in [0.3, 0.4) is 0 Å². The van der Waals surface area contributed by atoms with Crippen LogP contribution in [0.2, 0.25) is 0 Å². The molecule has 2 rings (SSSR count). The van der Waals surface area contributed by atoms with Crippen molar-refractivity contribution in [1.82, 2.24) is 10.3 Å². The zero-order chi connectivity index (χ0) is 11.5. The molecule has 1 fully saturated rings. The number of rotatable bonds is 4. The summed E-state index contributed by atoms with van der Waals surface area (Å²) < 4.78 is 0. The number of hydrogen-bond donors (Lipinski definition) is 3. The van der Waals surface area contributed by atoms with Crippen LogP contribution in [0.4, 0.5) is 5.69 Å². The van der Waals surface area contributed by atoms with Crippen molar-refractivity contribution in [2.45, 2.75) is 25.8 Å². The van der Waals surface area contributed by atoms with E-state index >= 15 is 0 Å². The molecule has 86 valence electrons. The number of nitrogens with one attached hydrogen (secondary N) is 2. The van der Waals surface area contributed by atoms with E-state index in [1.54, 1.807) is 12.3 Å². The quantitative estimate of drug-likeness (QED) is 0.520. The molecule has 1 amide bonds. The summed E-state index contributed by atoms with van der Waals surface area (Å²) in [4.78, 5) is 15.8. The van der Waals surface area contributed by atoms with Crippen LogP contribution in [-0.4, -0.2) is 16.9 Å². The summed E-state index contributed by atoms with van der Waals surface area (Å²) in [5.74, 6) is 5.86. The maximum Gasteiger partial charge on any atom is 0.253 e. The molecule has 5 heteroatoms. The van der Waals surface area contributed by atoms with Crippen molar-refractivity contribution in [3.8, 4) is 0 Å². The maximum atomic E-state index is 11.9. The molecule has 1 heterocycles. The van der Waals surface area contributed by atoms with Gasteiger partial charge in [0.05, 0.1) is 17.4 Å². The highest BCUT2D eigenvalue weighted by atomic mass is 16.1. The summed E-state index contributed by atoms with van der Waals surface area (Å²) >= 11 is 0. The van der Waals surface area contributed by atoms with Gasteiger partial charge < -0.3 is 10.7 Å². The van der Waals surface area contributed by atoms with Crippen LogP contribution in [0.5, 0.6) is 0 Å². The summed E-state index contributed by atoms with van der Waals surface area (Å²) in [7, 11) is 0. The van der Waals surface area contributed by atoms with Crippen molar-refractivity contribution in [3.05, 3.63) is 24.0 Å². The summed E-state index contributed by atoms with van der Waals surface area (Å²) in [5, 5.41) is 2.97. The van der Waals surface area contributed by atoms with Crippen LogP contribution < -0.4 is 16.6 Å². The van der Waals surface area contributed by atoms with Crippen LogP contribution in [-0.2, 0) is 0 Å². The third kappa shape index (κ3) is 2.30. The molecule has 0 radical (unpaired) electrons. The molecule has 0 spiro atoms. The Morgan fingerprint density at radius 3 is 3.00 bits per heavy atom. The fourth-order valence-electron chi connectivity index (χ4n) is 1.71. The second-order valence-corrected chi connectivity index (χ2v) is 4.17. The summed E-state index contributed by atoms with van der Waals surface area (Å²) in [6, 6.07) is 1.88. The number of hydrogen-bond acceptors (Lipinski definition) is 4. The predicted octanol–water partition coefficient (Wildman–Crippen LogP) is 0.895. The average Bonchev–Trinajstić information content (AvgIpc) is 3.12. The topological polar surface area (TPSA) is 80.0 Å². The maximum absolute atomic E-state index is 11.9. The second kappa shape index (κ2) is 4.49. The standard InChI is InChI=1S/C11H16N4O/c1-7(8-2-3-8)14-11(16)9-4-5-13-6-10(9)15-12/h4-8,15H,2-3,12H2,1H3,(H,14,16). The molecule has 1 aliphatic carbocycles. The van der Waals surface area contributed by atoms with Gasteiger partial charge >= 0.3 is 0 Å². The van der Waals surface area contributed by atoms with Crippen molar-refractivity contribution < 1.29 is 4.79 Å². The Morgan fingerprint density at radius 1 is 1.62 bits per heavy atom. The Bertz CT molecular complexity index is 389. The van der Waals surface area contributed by atoms with Gasteiger partial charge in [0, 0.05) is 12.2 Å². The highest BCUT2D eigenvalue weighted by Crippen LogP contribution is 2.32. The number of nitrogens with zero attached hydrogens (tertiary/aromatic N) is 1. The largest absolute Gasteiger partial charge is 0.349 e. The molecular weight excluding hydrogens is 204 g/mol. The molecule has 1 aromatic heterocycles. The van der Waals surface area contributed by atoms with Gasteiger partial charge in [-0.05, 0) is 31.7 Å². The molecular formula is C11H16N4O. The minimum absolute atomic E-state index is 0.102. The van der Waals surface area contributed by atoms with Gasteiger partial charge in [-0.2, -0.15) is 0 Å². The van der Waals surface area contributed by atoms with E-state index < -0.39 is 0 Å². The monoisotopic (exact) mass is 220 g/mol. The fourth-order valence-corrected chi connectivity index (χ4v) is 1.71. The molecule has 0 bridgehead atoms. The van der Waals surface area contributed by atoms with Gasteiger partial charge in [0.2, 0.25) is 0 Å². The number of aromatic nitrogens is 1. The lowest BCUT2D eigenvalue weighted by Crippen LogP contribution is -2.34. The average molecular weight is 220 g/mol. The third-order valence-corrected chi connectivity index (χ3v) is 2.91. The van der Waals surface area contributed by atoms with Gasteiger partial charge in [-0.1, -0.05) is 0 Å². The van der Waals surface area contributed by atoms with E-state index in [0.717, 1.165) is 0 Å². The number of hydrazine groups is 1. The van der Waals surface area contributed by atoms with E-state index in [1.165, 1.54) is 19.0 Å². The molecule has 1 saturated carbocycles. The van der Waals surface area contributed by atoms with Crippen molar-refractivity contribution in [2.24, 2.45) is 11.8 Å². The third-order valence-electron chi connectivity index (χ3n) is 2.91. The normalized spacial score (nSPS) is 16.6. The van der Waals surface area contributed by atoms with Crippen LogP contribution in [0, 0.1) is 5.92 Å². The number of carbonyl (C=O) groups excluding carboxylic acids is 1. The Labute approximate surface area is 94.4 Å². The fraction of sp³-hybridized carbons (Fsp3) is 0.455. The van der Waals surface area contributed by atoms with Gasteiger partial charge in [-0.3, -0.25) is 15.6 Å². The van der Waals surface area contributed by atoms with Crippen LogP contribution >= 0.6 is 0 Å². The Balaban J connectivity index is 2.07. The summed E-state index contributed by atoms with van der Waals surface area (Å²) in [6.07, 6.45) is 5.54. The summed E-state index contributed by atoms with van der Waals surface area (Å²) in [5.41, 5.74) is 3.55. The summed E-state index contributed by atoms with van der Waals surface area (Å²) in [6.45, 7) is 2.03. The van der Waals surface area contributed by atoms with Gasteiger partial charge in [0.15, 0.2) is 0 Å². The van der Waals surface area contributed by atoms with Crippen molar-refractivity contribution >= 4 is 11.6 Å². The predicted molar refractivity (Wildman–Crippen MR) is 61.7 cm³/mol. The highest BCUT2D eigenvalue weighted by molar-refractivity contribution is 5.99. The van der Waals surface area contributed by atoms with Crippen LogP contribution in [0.15, 0.2) is 18.5 Å². The van der Waals surface area contributed by atoms with Crippen LogP contribution in [0.25, 0.3) is 0 Å². The number of amides is 1. The molecule has 0 aliphatic heterocycles. The number of anilines is 1. The van der Waals surface area contributed by atoms with Gasteiger partial charge in [-0.15, -0.1) is 0 Å². The molecule has 5 nitrogen and oxygen atoms in total. The van der Waals surface area contributed by atoms with E-state index in [4.69, 9.17) is 5.84 Å². The first kappa shape index (κ1) is 10.9. The zero-order valence-electron chi connectivity index (χ0n) is 9.23. The number of nitrogens with two attached hydrogens (primary N) is 1. The first-order valence-corrected chi connectivity index (χ1v) is 5.44. The highest BCUT2D eigenvalue weighted by Gasteiger charge is 2.29. The first-order chi connectivity index (χ1) is 7.72. The zero-order valence-corrected chi connectivity index (χ0v) is 9.23.